The van der Waals surface area contributed by atoms with Gasteiger partial charge in [0.25, 0.3) is 0 Å². The second kappa shape index (κ2) is 4.30. The van der Waals surface area contributed by atoms with Crippen molar-refractivity contribution in [1.29, 1.82) is 0 Å². The number of anilines is 1. The summed E-state index contributed by atoms with van der Waals surface area (Å²) in [5.74, 6) is -0.857. The molecule has 1 amide bonds. The van der Waals surface area contributed by atoms with Crippen LogP contribution in [0.2, 0.25) is 0 Å². The molecule has 1 aromatic carbocycles. The average Bonchev–Trinajstić information content (AvgIpc) is 2.18. The summed E-state index contributed by atoms with van der Waals surface area (Å²) in [6.07, 6.45) is 0.767. The third-order valence-corrected chi connectivity index (χ3v) is 1.71. The maximum atomic E-state index is 12.5. The van der Waals surface area contributed by atoms with Gasteiger partial charge in [0.05, 0.1) is 0 Å². The second-order valence-corrected chi connectivity index (χ2v) is 2.62. The molecule has 5 heteroatoms. The first-order valence-electron chi connectivity index (χ1n) is 3.86. The Hall–Kier alpha value is -2.00. The molecule has 0 unspecified atom stereocenters. The van der Waals surface area contributed by atoms with Crippen LogP contribution in [0.25, 0.3) is 5.53 Å². The van der Waals surface area contributed by atoms with Crippen LogP contribution in [0.3, 0.4) is 0 Å². The number of halogens is 1. The molecule has 1 rings (SSSR count). The van der Waals surface area contributed by atoms with Crippen LogP contribution < -0.4 is 4.90 Å². The van der Waals surface area contributed by atoms with Crippen molar-refractivity contribution in [3.63, 3.8) is 0 Å². The van der Waals surface area contributed by atoms with Crippen molar-refractivity contribution < 1.29 is 14.0 Å². The lowest BCUT2D eigenvalue weighted by Crippen LogP contribution is -2.27. The van der Waals surface area contributed by atoms with Crippen molar-refractivity contribution >= 4 is 17.8 Å². The van der Waals surface area contributed by atoms with Gasteiger partial charge in [-0.2, -0.15) is 4.79 Å². The molecule has 4 nitrogen and oxygen atoms in total. The SMILES string of the molecule is CN(C(=O)C=[N+]=[N-])c1ccc(F)cc1. The quantitative estimate of drug-likeness (QED) is 0.394. The highest BCUT2D eigenvalue weighted by Crippen LogP contribution is 2.12. The topological polar surface area (TPSA) is 56.7 Å². The Bertz CT molecular complexity index is 382. The fourth-order valence-corrected chi connectivity index (χ4v) is 0.928. The van der Waals surface area contributed by atoms with Crippen molar-refractivity contribution in [3.8, 4) is 0 Å². The molecule has 0 aliphatic heterocycles. The number of amides is 1. The highest BCUT2D eigenvalue weighted by Gasteiger charge is 2.11. The normalized spacial score (nSPS) is 9.00. The van der Waals surface area contributed by atoms with Crippen molar-refractivity contribution in [2.75, 3.05) is 11.9 Å². The molecule has 0 fully saturated rings. The molecular weight excluding hydrogens is 185 g/mol. The van der Waals surface area contributed by atoms with Crippen LogP contribution in [0, 0.1) is 5.82 Å². The maximum Gasteiger partial charge on any atom is 0.345 e. The Labute approximate surface area is 80.2 Å². The molecule has 0 saturated heterocycles. The number of rotatable bonds is 2. The van der Waals surface area contributed by atoms with E-state index in [1.807, 2.05) is 0 Å². The van der Waals surface area contributed by atoms with Crippen molar-refractivity contribution in [3.05, 3.63) is 35.6 Å². The number of hydrogen-bond acceptors (Lipinski definition) is 1. The summed E-state index contributed by atoms with van der Waals surface area (Å²) in [4.78, 5) is 15.0. The Balaban J connectivity index is 2.89. The van der Waals surface area contributed by atoms with Crippen molar-refractivity contribution in [1.82, 2.24) is 0 Å². The summed E-state index contributed by atoms with van der Waals surface area (Å²) in [6.45, 7) is 0. The molecule has 0 bridgehead atoms. The van der Waals surface area contributed by atoms with E-state index in [9.17, 15) is 9.18 Å². The Morgan fingerprint density at radius 2 is 2.07 bits per heavy atom. The van der Waals surface area contributed by atoms with Crippen LogP contribution in [-0.4, -0.2) is 24.0 Å². The summed E-state index contributed by atoms with van der Waals surface area (Å²) < 4.78 is 12.5. The molecule has 0 aliphatic rings. The molecule has 0 saturated carbocycles. The summed E-state index contributed by atoms with van der Waals surface area (Å²) in [6, 6.07) is 5.40. The zero-order valence-corrected chi connectivity index (χ0v) is 7.51. The number of benzene rings is 1. The Kier molecular flexibility index (Phi) is 3.09. The van der Waals surface area contributed by atoms with Crippen molar-refractivity contribution in [2.45, 2.75) is 0 Å². The van der Waals surface area contributed by atoms with Gasteiger partial charge in [-0.25, -0.2) is 4.39 Å². The van der Waals surface area contributed by atoms with Gasteiger partial charge in [0, 0.05) is 12.7 Å². The molecule has 0 aromatic heterocycles. The minimum atomic E-state index is -0.487. The van der Waals surface area contributed by atoms with E-state index in [1.165, 1.54) is 36.2 Å². The molecule has 14 heavy (non-hydrogen) atoms. The van der Waals surface area contributed by atoms with Crippen LogP contribution in [-0.2, 0) is 4.79 Å². The van der Waals surface area contributed by atoms with Crippen LogP contribution in [0.15, 0.2) is 24.3 Å². The van der Waals surface area contributed by atoms with Gasteiger partial charge < -0.3 is 10.4 Å². The van der Waals surface area contributed by atoms with E-state index in [4.69, 9.17) is 5.53 Å². The summed E-state index contributed by atoms with van der Waals surface area (Å²) in [5, 5.41) is 0. The molecule has 0 heterocycles. The van der Waals surface area contributed by atoms with Crippen LogP contribution in [0.4, 0.5) is 10.1 Å². The summed E-state index contributed by atoms with van der Waals surface area (Å²) in [5.41, 5.74) is 8.66. The second-order valence-electron chi connectivity index (χ2n) is 2.62. The molecular formula is C9H8FN3O. The Morgan fingerprint density at radius 1 is 1.50 bits per heavy atom. The number of hydrogen-bond donors (Lipinski definition) is 0. The lowest BCUT2D eigenvalue weighted by Gasteiger charge is -2.12. The van der Waals surface area contributed by atoms with Gasteiger partial charge in [0.15, 0.2) is 0 Å². The monoisotopic (exact) mass is 193 g/mol. The smallest absolute Gasteiger partial charge is 0.345 e. The predicted molar refractivity (Wildman–Crippen MR) is 49.5 cm³/mol. The van der Waals surface area contributed by atoms with E-state index >= 15 is 0 Å². The first kappa shape index (κ1) is 10.1. The predicted octanol–water partition coefficient (Wildman–Crippen LogP) is 1.09. The van der Waals surface area contributed by atoms with Crippen LogP contribution in [0.5, 0.6) is 0 Å². The van der Waals surface area contributed by atoms with Gasteiger partial charge in [0.1, 0.15) is 5.82 Å². The summed E-state index contributed by atoms with van der Waals surface area (Å²) >= 11 is 0. The summed E-state index contributed by atoms with van der Waals surface area (Å²) in [7, 11) is 1.50. The molecule has 0 N–H and O–H groups in total. The number of nitrogens with zero attached hydrogens (tertiary/aromatic N) is 3. The highest BCUT2D eigenvalue weighted by molar-refractivity contribution is 6.30. The number of carbonyl (C=O) groups is 1. The fourth-order valence-electron chi connectivity index (χ4n) is 0.928. The largest absolute Gasteiger partial charge is 0.361 e. The lowest BCUT2D eigenvalue weighted by atomic mass is 10.3. The van der Waals surface area contributed by atoms with E-state index < -0.39 is 5.91 Å². The van der Waals surface area contributed by atoms with Gasteiger partial charge in [-0.15, -0.1) is 0 Å². The molecule has 0 radical (unpaired) electrons. The fraction of sp³-hybridized carbons (Fsp3) is 0.111. The Morgan fingerprint density at radius 3 is 2.57 bits per heavy atom. The molecule has 0 aliphatic carbocycles. The van der Waals surface area contributed by atoms with E-state index in [0.717, 1.165) is 6.21 Å². The number of carbonyl (C=O) groups excluding carboxylic acids is 1. The standard InChI is InChI=1S/C9H8FN3O/c1-13(9(14)6-12-11)8-4-2-7(10)3-5-8/h2-6H,1H3. The van der Waals surface area contributed by atoms with Gasteiger partial charge in [-0.05, 0) is 24.3 Å². The third-order valence-electron chi connectivity index (χ3n) is 1.71. The maximum absolute atomic E-state index is 12.5. The van der Waals surface area contributed by atoms with Gasteiger partial charge in [0.2, 0.25) is 0 Å². The minimum absolute atomic E-state index is 0.370. The minimum Gasteiger partial charge on any atom is -0.361 e. The highest BCUT2D eigenvalue weighted by atomic mass is 19.1. The van der Waals surface area contributed by atoms with Gasteiger partial charge >= 0.3 is 12.1 Å². The molecule has 0 spiro atoms. The van der Waals surface area contributed by atoms with E-state index in [0.29, 0.717) is 5.69 Å². The van der Waals surface area contributed by atoms with Crippen LogP contribution >= 0.6 is 0 Å². The van der Waals surface area contributed by atoms with Gasteiger partial charge in [-0.3, -0.25) is 4.79 Å². The van der Waals surface area contributed by atoms with E-state index in [-0.39, 0.29) is 5.82 Å². The zero-order chi connectivity index (χ0) is 10.6. The first-order chi connectivity index (χ1) is 6.65. The van der Waals surface area contributed by atoms with Crippen LogP contribution in [0.1, 0.15) is 0 Å². The van der Waals surface area contributed by atoms with Gasteiger partial charge in [-0.1, -0.05) is 0 Å². The lowest BCUT2D eigenvalue weighted by molar-refractivity contribution is -0.115. The van der Waals surface area contributed by atoms with E-state index in [2.05, 4.69) is 4.79 Å². The molecule has 1 aromatic rings. The zero-order valence-electron chi connectivity index (χ0n) is 7.51. The third kappa shape index (κ3) is 2.24. The average molecular weight is 193 g/mol. The molecule has 0 atom stereocenters. The molecule has 72 valence electrons. The van der Waals surface area contributed by atoms with Crippen molar-refractivity contribution in [2.24, 2.45) is 0 Å². The van der Waals surface area contributed by atoms with E-state index in [1.54, 1.807) is 0 Å². The first-order valence-corrected chi connectivity index (χ1v) is 3.86.